The van der Waals surface area contributed by atoms with E-state index in [9.17, 15) is 4.79 Å². The number of likely N-dealkylation sites (tertiary alicyclic amines) is 1. The maximum atomic E-state index is 13.2. The number of carbonyl (C=O) groups excluding carboxylic acids is 1. The molecule has 178 valence electrons. The summed E-state index contributed by atoms with van der Waals surface area (Å²) in [5.41, 5.74) is 6.07. The van der Waals surface area contributed by atoms with Gasteiger partial charge in [-0.2, -0.15) is 0 Å². The van der Waals surface area contributed by atoms with Crippen molar-refractivity contribution >= 4 is 5.91 Å². The molecule has 2 saturated heterocycles. The Kier molecular flexibility index (Phi) is 7.25. The average molecular weight is 448 g/mol. The minimum Gasteiger partial charge on any atom is -0.338 e. The number of aryl methyl sites for hydroxylation is 3. The highest BCUT2D eigenvalue weighted by Crippen LogP contribution is 2.32. The lowest BCUT2D eigenvalue weighted by Crippen LogP contribution is -2.61. The van der Waals surface area contributed by atoms with E-state index in [1.807, 2.05) is 32.0 Å². The summed E-state index contributed by atoms with van der Waals surface area (Å²) in [6, 6.07) is 15.8. The van der Waals surface area contributed by atoms with Gasteiger partial charge in [-0.3, -0.25) is 14.6 Å². The molecule has 0 radical (unpaired) electrons. The summed E-state index contributed by atoms with van der Waals surface area (Å²) < 4.78 is 0. The molecule has 1 unspecified atom stereocenters. The second kappa shape index (κ2) is 9.99. The molecule has 2 aromatic carbocycles. The van der Waals surface area contributed by atoms with Crippen LogP contribution in [0.5, 0.6) is 0 Å². The lowest BCUT2D eigenvalue weighted by Gasteiger charge is -2.51. The van der Waals surface area contributed by atoms with Gasteiger partial charge in [-0.1, -0.05) is 49.4 Å². The minimum absolute atomic E-state index is 0.181. The zero-order valence-corrected chi connectivity index (χ0v) is 21.2. The first-order valence-electron chi connectivity index (χ1n) is 12.7. The number of amides is 1. The van der Waals surface area contributed by atoms with Gasteiger partial charge in [0.05, 0.1) is 0 Å². The first-order valence-corrected chi connectivity index (χ1v) is 12.7. The highest BCUT2D eigenvalue weighted by atomic mass is 16.2. The number of hydrogen-bond donors (Lipinski definition) is 0. The Balaban J connectivity index is 1.33. The molecule has 2 heterocycles. The van der Waals surface area contributed by atoms with E-state index in [1.165, 1.54) is 11.1 Å². The van der Waals surface area contributed by atoms with Gasteiger partial charge in [0.25, 0.3) is 5.91 Å². The van der Waals surface area contributed by atoms with Crippen LogP contribution in [0.2, 0.25) is 0 Å². The lowest BCUT2D eigenvalue weighted by molar-refractivity contribution is -0.0192. The Hall–Kier alpha value is -2.17. The van der Waals surface area contributed by atoms with Crippen LogP contribution in [-0.2, 0) is 13.0 Å². The van der Waals surface area contributed by atoms with Crippen molar-refractivity contribution in [2.24, 2.45) is 0 Å². The number of piperazine rings is 1. The average Bonchev–Trinajstić information content (AvgIpc) is 2.81. The standard InChI is InChI=1S/C29H41N3O/c1-6-25-10-12-26(13-11-25)21-31-18-19-32(20-24(31)4)29(5)14-16-30(17-15-29)28(33)27-22(2)8-7-9-23(27)3/h7-13,24H,6,14-21H2,1-5H3. The Morgan fingerprint density at radius 3 is 2.12 bits per heavy atom. The molecule has 0 saturated carbocycles. The Bertz CT molecular complexity index is 939. The third-order valence-corrected chi connectivity index (χ3v) is 8.17. The maximum absolute atomic E-state index is 13.2. The third-order valence-electron chi connectivity index (χ3n) is 8.17. The Labute approximate surface area is 200 Å². The normalized spacial score (nSPS) is 21.8. The molecular formula is C29H41N3O. The van der Waals surface area contributed by atoms with Crippen molar-refractivity contribution in [1.82, 2.24) is 14.7 Å². The molecule has 2 fully saturated rings. The Morgan fingerprint density at radius 1 is 0.939 bits per heavy atom. The van der Waals surface area contributed by atoms with Crippen LogP contribution in [0.1, 0.15) is 66.2 Å². The van der Waals surface area contributed by atoms with E-state index in [0.29, 0.717) is 6.04 Å². The van der Waals surface area contributed by atoms with Crippen LogP contribution in [0.25, 0.3) is 0 Å². The summed E-state index contributed by atoms with van der Waals surface area (Å²) in [4.78, 5) is 20.7. The number of nitrogens with zero attached hydrogens (tertiary/aromatic N) is 3. The summed E-state index contributed by atoms with van der Waals surface area (Å²) >= 11 is 0. The molecule has 0 spiro atoms. The summed E-state index contributed by atoms with van der Waals surface area (Å²) in [5, 5.41) is 0. The lowest BCUT2D eigenvalue weighted by atomic mass is 9.86. The zero-order valence-electron chi connectivity index (χ0n) is 21.2. The van der Waals surface area contributed by atoms with Gasteiger partial charge < -0.3 is 4.90 Å². The second-order valence-electron chi connectivity index (χ2n) is 10.5. The van der Waals surface area contributed by atoms with E-state index in [2.05, 4.69) is 59.7 Å². The number of rotatable bonds is 5. The molecule has 1 amide bonds. The van der Waals surface area contributed by atoms with E-state index in [0.717, 1.165) is 75.2 Å². The second-order valence-corrected chi connectivity index (χ2v) is 10.5. The molecule has 4 nitrogen and oxygen atoms in total. The quantitative estimate of drug-likeness (QED) is 0.640. The molecule has 2 aromatic rings. The van der Waals surface area contributed by atoms with Crippen molar-refractivity contribution in [3.63, 3.8) is 0 Å². The smallest absolute Gasteiger partial charge is 0.254 e. The summed E-state index contributed by atoms with van der Waals surface area (Å²) in [6.07, 6.45) is 3.20. The van der Waals surface area contributed by atoms with E-state index >= 15 is 0 Å². The minimum atomic E-state index is 0.181. The topological polar surface area (TPSA) is 26.8 Å². The largest absolute Gasteiger partial charge is 0.338 e. The monoisotopic (exact) mass is 447 g/mol. The van der Waals surface area contributed by atoms with E-state index in [4.69, 9.17) is 0 Å². The van der Waals surface area contributed by atoms with Gasteiger partial charge in [-0.05, 0) is 69.2 Å². The van der Waals surface area contributed by atoms with Crippen LogP contribution in [0.15, 0.2) is 42.5 Å². The predicted octanol–water partition coefficient (Wildman–Crippen LogP) is 5.07. The number of hydrogen-bond acceptors (Lipinski definition) is 3. The highest BCUT2D eigenvalue weighted by Gasteiger charge is 2.40. The predicted molar refractivity (Wildman–Crippen MR) is 137 cm³/mol. The van der Waals surface area contributed by atoms with Gasteiger partial charge >= 0.3 is 0 Å². The van der Waals surface area contributed by atoms with Crippen molar-refractivity contribution in [2.75, 3.05) is 32.7 Å². The molecule has 0 N–H and O–H groups in total. The third kappa shape index (κ3) is 5.17. The maximum Gasteiger partial charge on any atom is 0.254 e. The number of benzene rings is 2. The van der Waals surface area contributed by atoms with Gasteiger partial charge in [0, 0.05) is 56.4 Å². The molecule has 0 aromatic heterocycles. The summed E-state index contributed by atoms with van der Waals surface area (Å²) in [7, 11) is 0. The number of carbonyl (C=O) groups is 1. The molecule has 0 aliphatic carbocycles. The van der Waals surface area contributed by atoms with Crippen LogP contribution in [0, 0.1) is 13.8 Å². The summed E-state index contributed by atoms with van der Waals surface area (Å²) in [5.74, 6) is 0.208. The van der Waals surface area contributed by atoms with Gasteiger partial charge in [0.2, 0.25) is 0 Å². The van der Waals surface area contributed by atoms with Crippen LogP contribution in [0.4, 0.5) is 0 Å². The fraction of sp³-hybridized carbons (Fsp3) is 0.552. The zero-order chi connectivity index (χ0) is 23.6. The van der Waals surface area contributed by atoms with E-state index in [-0.39, 0.29) is 11.4 Å². The molecule has 33 heavy (non-hydrogen) atoms. The van der Waals surface area contributed by atoms with Gasteiger partial charge in [0.15, 0.2) is 0 Å². The van der Waals surface area contributed by atoms with Crippen LogP contribution < -0.4 is 0 Å². The number of piperidine rings is 1. The van der Waals surface area contributed by atoms with E-state index < -0.39 is 0 Å². The van der Waals surface area contributed by atoms with Crippen LogP contribution in [0.3, 0.4) is 0 Å². The van der Waals surface area contributed by atoms with Crippen molar-refractivity contribution in [1.29, 1.82) is 0 Å². The van der Waals surface area contributed by atoms with Crippen LogP contribution >= 0.6 is 0 Å². The van der Waals surface area contributed by atoms with Crippen molar-refractivity contribution in [2.45, 2.75) is 72.0 Å². The fourth-order valence-corrected chi connectivity index (χ4v) is 5.65. The van der Waals surface area contributed by atoms with Gasteiger partial charge in [-0.25, -0.2) is 0 Å². The first-order chi connectivity index (χ1) is 15.8. The highest BCUT2D eigenvalue weighted by molar-refractivity contribution is 5.97. The van der Waals surface area contributed by atoms with Crippen molar-refractivity contribution in [3.8, 4) is 0 Å². The Morgan fingerprint density at radius 2 is 1.55 bits per heavy atom. The molecule has 4 heteroatoms. The molecule has 2 aliphatic heterocycles. The fourth-order valence-electron chi connectivity index (χ4n) is 5.65. The van der Waals surface area contributed by atoms with Crippen molar-refractivity contribution in [3.05, 3.63) is 70.3 Å². The van der Waals surface area contributed by atoms with Crippen molar-refractivity contribution < 1.29 is 4.79 Å². The molecule has 2 aliphatic rings. The summed E-state index contributed by atoms with van der Waals surface area (Å²) in [6.45, 7) is 17.2. The molecular weight excluding hydrogens is 406 g/mol. The SMILES string of the molecule is CCc1ccc(CN2CCN(C3(C)CCN(C(=O)c4c(C)cccc4C)CC3)CC2C)cc1. The molecule has 1 atom stereocenters. The van der Waals surface area contributed by atoms with Gasteiger partial charge in [-0.15, -0.1) is 0 Å². The van der Waals surface area contributed by atoms with Gasteiger partial charge in [0.1, 0.15) is 0 Å². The van der Waals surface area contributed by atoms with Crippen LogP contribution in [-0.4, -0.2) is 64.9 Å². The molecule has 0 bridgehead atoms. The first kappa shape index (κ1) is 24.0. The molecule has 4 rings (SSSR count). The van der Waals surface area contributed by atoms with E-state index in [1.54, 1.807) is 0 Å².